The van der Waals surface area contributed by atoms with Crippen LogP contribution in [0.15, 0.2) is 30.3 Å². The molecule has 1 unspecified atom stereocenters. The maximum atomic E-state index is 12.5. The van der Waals surface area contributed by atoms with Gasteiger partial charge >= 0.3 is 0 Å². The number of amides is 1. The summed E-state index contributed by atoms with van der Waals surface area (Å²) in [6.07, 6.45) is 0.995. The van der Waals surface area contributed by atoms with E-state index in [9.17, 15) is 4.79 Å². The van der Waals surface area contributed by atoms with Crippen LogP contribution in [0, 0.1) is 6.92 Å². The lowest BCUT2D eigenvalue weighted by molar-refractivity contribution is 0.102. The van der Waals surface area contributed by atoms with Gasteiger partial charge in [-0.25, -0.2) is 0 Å². The molecule has 2 rings (SSSR count). The normalized spacial score (nSPS) is 12.1. The molecule has 24 heavy (non-hydrogen) atoms. The Morgan fingerprint density at radius 3 is 2.46 bits per heavy atom. The predicted octanol–water partition coefficient (Wildman–Crippen LogP) is 4.37. The second-order valence-electron chi connectivity index (χ2n) is 6.41. The van der Waals surface area contributed by atoms with Crippen LogP contribution in [0.1, 0.15) is 61.6 Å². The van der Waals surface area contributed by atoms with Crippen molar-refractivity contribution in [3.8, 4) is 0 Å². The predicted molar refractivity (Wildman–Crippen MR) is 98.6 cm³/mol. The van der Waals surface area contributed by atoms with Crippen LogP contribution in [-0.2, 0) is 0 Å². The van der Waals surface area contributed by atoms with Gasteiger partial charge in [0.15, 0.2) is 5.69 Å². The van der Waals surface area contributed by atoms with Gasteiger partial charge in [0.05, 0.1) is 0 Å². The van der Waals surface area contributed by atoms with Crippen molar-refractivity contribution in [1.29, 1.82) is 0 Å². The number of aromatic nitrogens is 2. The summed E-state index contributed by atoms with van der Waals surface area (Å²) in [5.74, 6) is 0.766. The zero-order chi connectivity index (χ0) is 17.7. The van der Waals surface area contributed by atoms with Crippen LogP contribution >= 0.6 is 0 Å². The van der Waals surface area contributed by atoms with E-state index in [2.05, 4.69) is 48.5 Å². The van der Waals surface area contributed by atoms with E-state index in [1.54, 1.807) is 12.1 Å². The lowest BCUT2D eigenvalue weighted by atomic mass is 9.98. The van der Waals surface area contributed by atoms with Crippen molar-refractivity contribution in [2.75, 3.05) is 10.6 Å². The molecular formula is C19H26N4O. The highest BCUT2D eigenvalue weighted by molar-refractivity contribution is 6.03. The van der Waals surface area contributed by atoms with Crippen molar-refractivity contribution < 1.29 is 4.79 Å². The van der Waals surface area contributed by atoms with Crippen LogP contribution in [0.2, 0.25) is 0 Å². The first-order chi connectivity index (χ1) is 11.4. The molecule has 2 aromatic rings. The number of rotatable bonds is 6. The number of nitrogens with zero attached hydrogens (tertiary/aromatic N) is 2. The minimum atomic E-state index is -0.242. The highest BCUT2D eigenvalue weighted by atomic mass is 16.1. The van der Waals surface area contributed by atoms with Crippen LogP contribution in [0.3, 0.4) is 0 Å². The van der Waals surface area contributed by atoms with E-state index in [4.69, 9.17) is 0 Å². The molecule has 1 aromatic carbocycles. The number of carbonyl (C=O) groups excluding carboxylic acids is 1. The molecule has 0 aliphatic rings. The minimum absolute atomic E-state index is 0.242. The zero-order valence-corrected chi connectivity index (χ0v) is 15.1. The summed E-state index contributed by atoms with van der Waals surface area (Å²) in [7, 11) is 0. The molecule has 0 fully saturated rings. The van der Waals surface area contributed by atoms with E-state index >= 15 is 0 Å². The van der Waals surface area contributed by atoms with E-state index in [0.29, 0.717) is 23.5 Å². The molecule has 128 valence electrons. The Bertz CT molecular complexity index is 695. The summed E-state index contributed by atoms with van der Waals surface area (Å²) >= 11 is 0. The first-order valence-corrected chi connectivity index (χ1v) is 8.43. The fraction of sp³-hybridized carbons (Fsp3) is 0.421. The standard InChI is InChI=1S/C19H26N4O/c1-6-14(5)20-17-11-10-16(22-23-17)19(24)21-18-13(4)8-7-9-15(18)12(2)3/h7-12,14H,6H2,1-5H3,(H,20,23)(H,21,24). The van der Waals surface area contributed by atoms with E-state index < -0.39 is 0 Å². The lowest BCUT2D eigenvalue weighted by Crippen LogP contribution is -2.18. The Balaban J connectivity index is 2.16. The van der Waals surface area contributed by atoms with Crippen molar-refractivity contribution >= 4 is 17.4 Å². The molecule has 5 nitrogen and oxygen atoms in total. The highest BCUT2D eigenvalue weighted by Crippen LogP contribution is 2.27. The van der Waals surface area contributed by atoms with Crippen molar-refractivity contribution in [3.05, 3.63) is 47.2 Å². The summed E-state index contributed by atoms with van der Waals surface area (Å²) in [6.45, 7) is 10.4. The number of carbonyl (C=O) groups is 1. The van der Waals surface area contributed by atoms with Crippen molar-refractivity contribution in [2.24, 2.45) is 0 Å². The maximum Gasteiger partial charge on any atom is 0.276 e. The van der Waals surface area contributed by atoms with Crippen LogP contribution in [-0.4, -0.2) is 22.1 Å². The second-order valence-corrected chi connectivity index (χ2v) is 6.41. The van der Waals surface area contributed by atoms with Gasteiger partial charge in [-0.2, -0.15) is 0 Å². The van der Waals surface area contributed by atoms with Crippen molar-refractivity contribution in [1.82, 2.24) is 10.2 Å². The smallest absolute Gasteiger partial charge is 0.276 e. The molecule has 1 aromatic heterocycles. The third kappa shape index (κ3) is 4.31. The summed E-state index contributed by atoms with van der Waals surface area (Å²) in [6, 6.07) is 9.84. The van der Waals surface area contributed by atoms with Crippen molar-refractivity contribution in [2.45, 2.75) is 53.0 Å². The van der Waals surface area contributed by atoms with Gasteiger partial charge in [0.25, 0.3) is 5.91 Å². The third-order valence-corrected chi connectivity index (χ3v) is 4.07. The highest BCUT2D eigenvalue weighted by Gasteiger charge is 2.14. The summed E-state index contributed by atoms with van der Waals surface area (Å²) < 4.78 is 0. The van der Waals surface area contributed by atoms with Gasteiger partial charge in [0, 0.05) is 11.7 Å². The SMILES string of the molecule is CCC(C)Nc1ccc(C(=O)Nc2c(C)cccc2C(C)C)nn1. The molecule has 0 aliphatic carbocycles. The Morgan fingerprint density at radius 2 is 1.88 bits per heavy atom. The van der Waals surface area contributed by atoms with Gasteiger partial charge in [-0.15, -0.1) is 10.2 Å². The number of aryl methyl sites for hydroxylation is 1. The molecule has 1 heterocycles. The van der Waals surface area contributed by atoms with Gasteiger partial charge in [-0.3, -0.25) is 4.79 Å². The molecule has 1 amide bonds. The zero-order valence-electron chi connectivity index (χ0n) is 15.1. The van der Waals surface area contributed by atoms with Gasteiger partial charge in [0.1, 0.15) is 5.82 Å². The fourth-order valence-corrected chi connectivity index (χ4v) is 2.40. The Morgan fingerprint density at radius 1 is 1.12 bits per heavy atom. The van der Waals surface area contributed by atoms with Crippen molar-refractivity contribution in [3.63, 3.8) is 0 Å². The number of nitrogens with one attached hydrogen (secondary N) is 2. The van der Waals surface area contributed by atoms with Crippen LogP contribution in [0.5, 0.6) is 0 Å². The molecule has 2 N–H and O–H groups in total. The number of para-hydroxylation sites is 1. The lowest BCUT2D eigenvalue weighted by Gasteiger charge is -2.16. The number of anilines is 2. The molecular weight excluding hydrogens is 300 g/mol. The Hall–Kier alpha value is -2.43. The number of hydrogen-bond acceptors (Lipinski definition) is 4. The molecule has 0 radical (unpaired) electrons. The molecule has 0 saturated carbocycles. The van der Waals surface area contributed by atoms with Crippen LogP contribution in [0.4, 0.5) is 11.5 Å². The largest absolute Gasteiger partial charge is 0.366 e. The molecule has 1 atom stereocenters. The van der Waals surface area contributed by atoms with Gasteiger partial charge in [0.2, 0.25) is 0 Å². The van der Waals surface area contributed by atoms with E-state index in [1.807, 2.05) is 25.1 Å². The van der Waals surface area contributed by atoms with E-state index in [0.717, 1.165) is 23.2 Å². The average Bonchev–Trinajstić information content (AvgIpc) is 2.56. The summed E-state index contributed by atoms with van der Waals surface area (Å²) in [5.41, 5.74) is 3.33. The van der Waals surface area contributed by atoms with Crippen LogP contribution in [0.25, 0.3) is 0 Å². The number of hydrogen-bond donors (Lipinski definition) is 2. The topological polar surface area (TPSA) is 66.9 Å². The molecule has 0 saturated heterocycles. The first-order valence-electron chi connectivity index (χ1n) is 8.43. The monoisotopic (exact) mass is 326 g/mol. The molecule has 0 aliphatic heterocycles. The quantitative estimate of drug-likeness (QED) is 0.827. The van der Waals surface area contributed by atoms with E-state index in [1.165, 1.54) is 0 Å². The molecule has 5 heteroatoms. The van der Waals surface area contributed by atoms with Gasteiger partial charge in [-0.05, 0) is 49.4 Å². The number of benzene rings is 1. The van der Waals surface area contributed by atoms with Crippen LogP contribution < -0.4 is 10.6 Å². The first kappa shape index (κ1) is 17.9. The Kier molecular flexibility index (Phi) is 5.90. The van der Waals surface area contributed by atoms with E-state index in [-0.39, 0.29) is 5.91 Å². The third-order valence-electron chi connectivity index (χ3n) is 4.07. The average molecular weight is 326 g/mol. The summed E-state index contributed by atoms with van der Waals surface area (Å²) in [5, 5.41) is 14.4. The second kappa shape index (κ2) is 7.90. The maximum absolute atomic E-state index is 12.5. The van der Waals surface area contributed by atoms with Gasteiger partial charge < -0.3 is 10.6 Å². The summed E-state index contributed by atoms with van der Waals surface area (Å²) in [4.78, 5) is 12.5. The minimum Gasteiger partial charge on any atom is -0.366 e. The molecule has 0 spiro atoms. The Labute approximate surface area is 143 Å². The van der Waals surface area contributed by atoms with Gasteiger partial charge in [-0.1, -0.05) is 39.0 Å². The molecule has 0 bridgehead atoms. The fourth-order valence-electron chi connectivity index (χ4n) is 2.40.